The molecule has 1 saturated heterocycles. The van der Waals surface area contributed by atoms with E-state index in [0.29, 0.717) is 42.9 Å². The van der Waals surface area contributed by atoms with Crippen LogP contribution in [0.15, 0.2) is 84.3 Å². The maximum Gasteiger partial charge on any atom is 0.224 e. The third-order valence-corrected chi connectivity index (χ3v) is 8.96. The number of amides is 2. The summed E-state index contributed by atoms with van der Waals surface area (Å²) in [6, 6.07) is 22.9. The number of nitrogen functional groups attached to an aromatic ring is 1. The molecule has 2 heterocycles. The lowest BCUT2D eigenvalue weighted by molar-refractivity contribution is -0.245. The van der Waals surface area contributed by atoms with E-state index in [1.165, 1.54) is 6.33 Å². The number of aliphatic hydroxyl groups is 1. The molecule has 5 rings (SSSR count). The number of nitrogens with zero attached hydrogens (tertiary/aromatic N) is 2. The van der Waals surface area contributed by atoms with Crippen molar-refractivity contribution in [3.05, 3.63) is 101 Å². The molecule has 0 bridgehead atoms. The van der Waals surface area contributed by atoms with E-state index in [1.54, 1.807) is 23.9 Å². The van der Waals surface area contributed by atoms with Gasteiger partial charge in [0.25, 0.3) is 0 Å². The number of rotatable bonds is 16. The van der Waals surface area contributed by atoms with Crippen LogP contribution in [0.25, 0.3) is 0 Å². The lowest BCUT2D eigenvalue weighted by Gasteiger charge is -2.36. The minimum absolute atomic E-state index is 0.00518. The monoisotopic (exact) mass is 658 g/mol. The van der Waals surface area contributed by atoms with Crippen molar-refractivity contribution in [3.8, 4) is 0 Å². The third kappa shape index (κ3) is 10.6. The number of nitrogens with one attached hydrogen (secondary N) is 3. The van der Waals surface area contributed by atoms with Crippen molar-refractivity contribution in [1.29, 1.82) is 0 Å². The summed E-state index contributed by atoms with van der Waals surface area (Å²) in [5.74, 6) is 0.638. The number of H-pyrrole nitrogens is 1. The molecule has 1 fully saturated rings. The lowest BCUT2D eigenvalue weighted by Crippen LogP contribution is -2.31. The molecule has 0 spiro atoms. The quantitative estimate of drug-likeness (QED) is 0.0567. The Labute approximate surface area is 279 Å². The van der Waals surface area contributed by atoms with Gasteiger partial charge in [-0.1, -0.05) is 85.3 Å². The topological polar surface area (TPSA) is 164 Å². The van der Waals surface area contributed by atoms with Crippen molar-refractivity contribution in [2.75, 3.05) is 16.8 Å². The largest absolute Gasteiger partial charge is 0.397 e. The molecule has 12 heteroatoms. The number of benzene rings is 3. The number of aliphatic hydroxyl groups excluding tert-OH is 1. The predicted molar refractivity (Wildman–Crippen MR) is 181 cm³/mol. The fourth-order valence-electron chi connectivity index (χ4n) is 5.29. The molecule has 0 unspecified atom stereocenters. The van der Waals surface area contributed by atoms with Crippen LogP contribution < -0.4 is 16.4 Å². The highest BCUT2D eigenvalue weighted by Crippen LogP contribution is 2.39. The number of hydrogen-bond acceptors (Lipinski definition) is 9. The SMILES string of the molecule is Nc1ccccc1NC(=O)CCCCCCC(=O)NCc1ccc([C@H]2O[C@@H](CSc3ncn[nH]3)C[C@@H](c3ccc(CO)cc3)O2)cc1. The van der Waals surface area contributed by atoms with Crippen molar-refractivity contribution in [2.45, 2.75) is 81.8 Å². The second-order valence-electron chi connectivity index (χ2n) is 11.5. The Kier molecular flexibility index (Phi) is 12.8. The molecule has 1 aromatic heterocycles. The van der Waals surface area contributed by atoms with E-state index in [-0.39, 0.29) is 30.6 Å². The molecule has 248 valence electrons. The van der Waals surface area contributed by atoms with Crippen LogP contribution >= 0.6 is 11.8 Å². The highest BCUT2D eigenvalue weighted by Gasteiger charge is 2.32. The first kappa shape index (κ1) is 34.1. The van der Waals surface area contributed by atoms with Gasteiger partial charge in [-0.25, -0.2) is 4.98 Å². The van der Waals surface area contributed by atoms with Gasteiger partial charge in [0.1, 0.15) is 6.33 Å². The summed E-state index contributed by atoms with van der Waals surface area (Å²) < 4.78 is 12.8. The van der Waals surface area contributed by atoms with Gasteiger partial charge >= 0.3 is 0 Å². The Hall–Kier alpha value is -4.23. The van der Waals surface area contributed by atoms with Gasteiger partial charge in [-0.05, 0) is 41.7 Å². The Bertz CT molecular complexity index is 1550. The first-order valence-corrected chi connectivity index (χ1v) is 16.9. The van der Waals surface area contributed by atoms with E-state index in [4.69, 9.17) is 15.2 Å². The molecule has 2 amide bonds. The molecular formula is C35H42N6O5S. The molecule has 1 aliphatic rings. The van der Waals surface area contributed by atoms with E-state index >= 15 is 0 Å². The average molecular weight is 659 g/mol. The highest BCUT2D eigenvalue weighted by atomic mass is 32.2. The Morgan fingerprint density at radius 2 is 1.60 bits per heavy atom. The number of aromatic amines is 1. The van der Waals surface area contributed by atoms with Gasteiger partial charge in [-0.3, -0.25) is 14.7 Å². The van der Waals surface area contributed by atoms with E-state index in [0.717, 1.165) is 53.1 Å². The van der Waals surface area contributed by atoms with Gasteiger partial charge in [-0.15, -0.1) is 0 Å². The highest BCUT2D eigenvalue weighted by molar-refractivity contribution is 7.99. The van der Waals surface area contributed by atoms with Crippen molar-refractivity contribution >= 4 is 35.0 Å². The molecule has 11 nitrogen and oxygen atoms in total. The lowest BCUT2D eigenvalue weighted by atomic mass is 10.0. The standard InChI is InChI=1S/C35H42N6O5S/c36-29-7-5-6-8-30(29)40-33(44)10-4-2-1-3-9-32(43)37-20-24-11-17-27(18-12-24)34-45-28(22-47-35-38-23-39-41-35)19-31(46-34)26-15-13-25(21-42)14-16-26/h5-8,11-18,23,28,31,34,42H,1-4,9-10,19-22,36H2,(H,37,43)(H,40,44)(H,38,39,41)/t28-,31+,34+/m1/s1. The van der Waals surface area contributed by atoms with Gasteiger partial charge in [0, 0.05) is 37.1 Å². The predicted octanol–water partition coefficient (Wildman–Crippen LogP) is 5.81. The van der Waals surface area contributed by atoms with E-state index in [2.05, 4.69) is 25.8 Å². The zero-order valence-corrected chi connectivity index (χ0v) is 27.1. The van der Waals surface area contributed by atoms with Crippen LogP contribution in [0.4, 0.5) is 11.4 Å². The van der Waals surface area contributed by atoms with Crippen LogP contribution in [-0.2, 0) is 32.2 Å². The van der Waals surface area contributed by atoms with Crippen LogP contribution in [0.3, 0.4) is 0 Å². The van der Waals surface area contributed by atoms with Crippen LogP contribution in [0, 0.1) is 0 Å². The summed E-state index contributed by atoms with van der Waals surface area (Å²) in [5.41, 5.74) is 10.8. The molecule has 4 aromatic rings. The van der Waals surface area contributed by atoms with Gasteiger partial charge in [0.05, 0.1) is 30.2 Å². The number of thioether (sulfide) groups is 1. The molecule has 3 atom stereocenters. The summed E-state index contributed by atoms with van der Waals surface area (Å²) in [6.45, 7) is 0.430. The molecule has 0 saturated carbocycles. The fourth-order valence-corrected chi connectivity index (χ4v) is 6.09. The van der Waals surface area contributed by atoms with E-state index in [9.17, 15) is 14.7 Å². The maximum atomic E-state index is 12.4. The second-order valence-corrected chi connectivity index (χ2v) is 12.5. The Balaban J connectivity index is 1.04. The number of ether oxygens (including phenoxy) is 2. The number of carbonyl (C=O) groups excluding carboxylic acids is 2. The van der Waals surface area contributed by atoms with Crippen molar-refractivity contribution in [1.82, 2.24) is 20.5 Å². The van der Waals surface area contributed by atoms with E-state index < -0.39 is 6.29 Å². The number of aromatic nitrogens is 3. The van der Waals surface area contributed by atoms with Crippen molar-refractivity contribution in [2.24, 2.45) is 0 Å². The van der Waals surface area contributed by atoms with Gasteiger partial charge < -0.3 is 30.9 Å². The fraction of sp³-hybridized carbons (Fsp3) is 0.371. The molecule has 6 N–H and O–H groups in total. The second kappa shape index (κ2) is 17.6. The van der Waals surface area contributed by atoms with Crippen molar-refractivity contribution in [3.63, 3.8) is 0 Å². The number of anilines is 2. The molecule has 0 aliphatic carbocycles. The summed E-state index contributed by atoms with van der Waals surface area (Å²) >= 11 is 1.55. The zero-order chi connectivity index (χ0) is 32.8. The smallest absolute Gasteiger partial charge is 0.224 e. The zero-order valence-electron chi connectivity index (χ0n) is 26.3. The Morgan fingerprint density at radius 3 is 2.30 bits per heavy atom. The molecule has 0 radical (unpaired) electrons. The number of carbonyl (C=O) groups is 2. The maximum absolute atomic E-state index is 12.4. The molecule has 47 heavy (non-hydrogen) atoms. The molecular weight excluding hydrogens is 616 g/mol. The summed E-state index contributed by atoms with van der Waals surface area (Å²) in [7, 11) is 0. The Morgan fingerprint density at radius 1 is 0.894 bits per heavy atom. The summed E-state index contributed by atoms with van der Waals surface area (Å²) in [4.78, 5) is 28.8. The third-order valence-electron chi connectivity index (χ3n) is 7.95. The summed E-state index contributed by atoms with van der Waals surface area (Å²) in [5, 5.41) is 22.8. The minimum atomic E-state index is -0.558. The first-order chi connectivity index (χ1) is 23.0. The first-order valence-electron chi connectivity index (χ1n) is 16.0. The number of unbranched alkanes of at least 4 members (excludes halogenated alkanes) is 3. The van der Waals surface area contributed by atoms with Gasteiger partial charge in [-0.2, -0.15) is 5.10 Å². The van der Waals surface area contributed by atoms with Crippen LogP contribution in [0.1, 0.15) is 79.6 Å². The number of hydrogen-bond donors (Lipinski definition) is 5. The van der Waals surface area contributed by atoms with Crippen LogP contribution in [0.2, 0.25) is 0 Å². The van der Waals surface area contributed by atoms with Crippen molar-refractivity contribution < 1.29 is 24.2 Å². The van der Waals surface area contributed by atoms with Gasteiger partial charge in [0.2, 0.25) is 11.8 Å². The van der Waals surface area contributed by atoms with Crippen LogP contribution in [0.5, 0.6) is 0 Å². The number of nitrogens with two attached hydrogens (primary N) is 1. The normalized spacial score (nSPS) is 17.7. The molecule has 1 aliphatic heterocycles. The van der Waals surface area contributed by atoms with Crippen LogP contribution in [-0.4, -0.2) is 44.0 Å². The number of para-hydroxylation sites is 2. The summed E-state index contributed by atoms with van der Waals surface area (Å²) in [6.07, 6.45) is 5.52. The molecule has 3 aromatic carbocycles. The van der Waals surface area contributed by atoms with Gasteiger partial charge in [0.15, 0.2) is 11.4 Å². The minimum Gasteiger partial charge on any atom is -0.397 e. The average Bonchev–Trinajstić information content (AvgIpc) is 3.63. The van der Waals surface area contributed by atoms with E-state index in [1.807, 2.05) is 60.7 Å².